The van der Waals surface area contributed by atoms with Crippen molar-refractivity contribution in [3.8, 4) is 5.75 Å². The normalized spacial score (nSPS) is 12.6. The van der Waals surface area contributed by atoms with Gasteiger partial charge in [-0.3, -0.25) is 0 Å². The van der Waals surface area contributed by atoms with Crippen LogP contribution in [0.15, 0.2) is 12.1 Å². The molecule has 0 aromatic heterocycles. The lowest BCUT2D eigenvalue weighted by molar-refractivity contribution is 0.400. The second kappa shape index (κ2) is 6.38. The summed E-state index contributed by atoms with van der Waals surface area (Å²) < 4.78 is 5.39. The quantitative estimate of drug-likeness (QED) is 0.793. The zero-order valence-electron chi connectivity index (χ0n) is 9.88. The Bertz CT molecular complexity index is 357. The summed E-state index contributed by atoms with van der Waals surface area (Å²) >= 11 is 10.4. The Balaban J connectivity index is 3.13. The van der Waals surface area contributed by atoms with E-state index < -0.39 is 0 Å². The molecule has 0 aliphatic heterocycles. The van der Waals surface area contributed by atoms with Crippen molar-refractivity contribution >= 4 is 24.2 Å². The maximum Gasteiger partial charge on any atom is 0.124 e. The summed E-state index contributed by atoms with van der Waals surface area (Å²) in [6.45, 7) is 1.97. The highest BCUT2D eigenvalue weighted by Gasteiger charge is 2.15. The number of aryl methyl sites for hydroxylation is 1. The smallest absolute Gasteiger partial charge is 0.124 e. The molecule has 90 valence electrons. The highest BCUT2D eigenvalue weighted by atomic mass is 35.5. The molecule has 0 bridgehead atoms. The van der Waals surface area contributed by atoms with Gasteiger partial charge in [0.15, 0.2) is 0 Å². The van der Waals surface area contributed by atoms with Crippen molar-refractivity contribution < 1.29 is 4.74 Å². The Kier molecular flexibility index (Phi) is 5.46. The van der Waals surface area contributed by atoms with Crippen molar-refractivity contribution in [2.75, 3.05) is 19.9 Å². The van der Waals surface area contributed by atoms with E-state index in [2.05, 4.69) is 17.9 Å². The lowest BCUT2D eigenvalue weighted by Crippen LogP contribution is -2.17. The monoisotopic (exact) mass is 259 g/mol. The van der Waals surface area contributed by atoms with E-state index in [4.69, 9.17) is 16.3 Å². The lowest BCUT2D eigenvalue weighted by Gasteiger charge is -2.19. The Morgan fingerprint density at radius 3 is 2.69 bits per heavy atom. The largest absolute Gasteiger partial charge is 0.496 e. The highest BCUT2D eigenvalue weighted by molar-refractivity contribution is 7.80. The average Bonchev–Trinajstić information content (AvgIpc) is 2.29. The number of halogens is 1. The summed E-state index contributed by atoms with van der Waals surface area (Å²) in [4.78, 5) is 0. The van der Waals surface area contributed by atoms with E-state index in [-0.39, 0.29) is 6.04 Å². The molecule has 1 rings (SSSR count). The number of methoxy groups -OCH3 is 1. The van der Waals surface area contributed by atoms with Crippen molar-refractivity contribution in [1.29, 1.82) is 0 Å². The topological polar surface area (TPSA) is 21.3 Å². The van der Waals surface area contributed by atoms with Gasteiger partial charge >= 0.3 is 0 Å². The van der Waals surface area contributed by atoms with Gasteiger partial charge in [-0.15, -0.1) is 0 Å². The average molecular weight is 260 g/mol. The fourth-order valence-corrected chi connectivity index (χ4v) is 2.13. The molecule has 0 aliphatic rings. The molecule has 4 heteroatoms. The first kappa shape index (κ1) is 13.7. The first-order valence-electron chi connectivity index (χ1n) is 5.26. The van der Waals surface area contributed by atoms with E-state index in [0.29, 0.717) is 0 Å². The standard InChI is InChI=1S/C12H18ClNOS/c1-8-6-12(15-3)9(7-10(8)13)11(14-2)4-5-16/h6-7,11,14,16H,4-5H2,1-3H3. The Labute approximate surface area is 108 Å². The second-order valence-corrected chi connectivity index (χ2v) is 4.55. The van der Waals surface area contributed by atoms with Crippen molar-refractivity contribution in [2.45, 2.75) is 19.4 Å². The SMILES string of the molecule is CNC(CCS)c1cc(Cl)c(C)cc1OC. The van der Waals surface area contributed by atoms with Crippen molar-refractivity contribution in [1.82, 2.24) is 5.32 Å². The first-order chi connectivity index (χ1) is 7.63. The fraction of sp³-hybridized carbons (Fsp3) is 0.500. The van der Waals surface area contributed by atoms with Crippen molar-refractivity contribution in [3.63, 3.8) is 0 Å². The minimum absolute atomic E-state index is 0.227. The molecule has 0 aliphatic carbocycles. The predicted octanol–water partition coefficient (Wildman–Crippen LogP) is 3.24. The molecule has 0 fully saturated rings. The number of benzene rings is 1. The third-order valence-electron chi connectivity index (χ3n) is 2.65. The number of thiol groups is 1. The fourth-order valence-electron chi connectivity index (χ4n) is 1.70. The van der Waals surface area contributed by atoms with Gasteiger partial charge in [0.2, 0.25) is 0 Å². The van der Waals surface area contributed by atoms with Gasteiger partial charge in [-0.1, -0.05) is 11.6 Å². The Morgan fingerprint density at radius 1 is 1.50 bits per heavy atom. The maximum atomic E-state index is 6.14. The summed E-state index contributed by atoms with van der Waals surface area (Å²) in [5, 5.41) is 4.03. The van der Waals surface area contributed by atoms with Crippen LogP contribution < -0.4 is 10.1 Å². The molecular weight excluding hydrogens is 242 g/mol. The molecule has 1 unspecified atom stereocenters. The van der Waals surface area contributed by atoms with Crippen LogP contribution in [-0.4, -0.2) is 19.9 Å². The van der Waals surface area contributed by atoms with E-state index >= 15 is 0 Å². The third kappa shape index (κ3) is 3.06. The summed E-state index contributed by atoms with van der Waals surface area (Å²) in [5.74, 6) is 1.70. The van der Waals surface area contributed by atoms with Gasteiger partial charge in [0.05, 0.1) is 7.11 Å². The molecule has 1 aromatic rings. The molecule has 1 aromatic carbocycles. The number of hydrogen-bond acceptors (Lipinski definition) is 3. The minimum Gasteiger partial charge on any atom is -0.496 e. The molecule has 0 spiro atoms. The van der Waals surface area contributed by atoms with E-state index in [1.807, 2.05) is 26.1 Å². The summed E-state index contributed by atoms with van der Waals surface area (Å²) in [6, 6.07) is 4.17. The molecule has 1 N–H and O–H groups in total. The van der Waals surface area contributed by atoms with Crippen LogP contribution in [0.3, 0.4) is 0 Å². The zero-order valence-corrected chi connectivity index (χ0v) is 11.5. The zero-order chi connectivity index (χ0) is 12.1. The van der Waals surface area contributed by atoms with E-state index in [1.54, 1.807) is 7.11 Å². The van der Waals surface area contributed by atoms with Gasteiger partial charge in [-0.05, 0) is 43.8 Å². The van der Waals surface area contributed by atoms with Crippen LogP contribution in [0.5, 0.6) is 5.75 Å². The number of rotatable bonds is 5. The maximum absolute atomic E-state index is 6.14. The van der Waals surface area contributed by atoms with Crippen LogP contribution in [0.2, 0.25) is 5.02 Å². The van der Waals surface area contributed by atoms with Gasteiger partial charge in [0.25, 0.3) is 0 Å². The molecule has 0 amide bonds. The van der Waals surface area contributed by atoms with E-state index in [0.717, 1.165) is 34.1 Å². The van der Waals surface area contributed by atoms with E-state index in [9.17, 15) is 0 Å². The number of ether oxygens (including phenoxy) is 1. The Hall–Kier alpha value is -0.380. The first-order valence-corrected chi connectivity index (χ1v) is 6.27. The van der Waals surface area contributed by atoms with Crippen LogP contribution in [0.1, 0.15) is 23.6 Å². The molecule has 0 saturated carbocycles. The van der Waals surface area contributed by atoms with Gasteiger partial charge in [0, 0.05) is 16.6 Å². The number of nitrogens with one attached hydrogen (secondary N) is 1. The molecular formula is C12H18ClNOS. The molecule has 1 atom stereocenters. The van der Waals surface area contributed by atoms with Crippen LogP contribution in [0, 0.1) is 6.92 Å². The van der Waals surface area contributed by atoms with Crippen LogP contribution in [0.25, 0.3) is 0 Å². The molecule has 2 nitrogen and oxygen atoms in total. The number of hydrogen-bond donors (Lipinski definition) is 2. The molecule has 0 radical (unpaired) electrons. The molecule has 16 heavy (non-hydrogen) atoms. The summed E-state index contributed by atoms with van der Waals surface area (Å²) in [5.41, 5.74) is 2.12. The van der Waals surface area contributed by atoms with Crippen LogP contribution >= 0.6 is 24.2 Å². The van der Waals surface area contributed by atoms with Gasteiger partial charge in [0.1, 0.15) is 5.75 Å². The van der Waals surface area contributed by atoms with Crippen molar-refractivity contribution in [3.05, 3.63) is 28.3 Å². The van der Waals surface area contributed by atoms with Crippen LogP contribution in [0.4, 0.5) is 0 Å². The third-order valence-corrected chi connectivity index (χ3v) is 3.32. The second-order valence-electron chi connectivity index (χ2n) is 3.70. The predicted molar refractivity (Wildman–Crippen MR) is 73.0 cm³/mol. The minimum atomic E-state index is 0.227. The summed E-state index contributed by atoms with van der Waals surface area (Å²) in [6.07, 6.45) is 0.940. The lowest BCUT2D eigenvalue weighted by atomic mass is 10.0. The van der Waals surface area contributed by atoms with Gasteiger partial charge in [-0.2, -0.15) is 12.6 Å². The van der Waals surface area contributed by atoms with Crippen molar-refractivity contribution in [2.24, 2.45) is 0 Å². The highest BCUT2D eigenvalue weighted by Crippen LogP contribution is 2.32. The molecule has 0 heterocycles. The van der Waals surface area contributed by atoms with Gasteiger partial charge < -0.3 is 10.1 Å². The van der Waals surface area contributed by atoms with E-state index in [1.165, 1.54) is 0 Å². The summed E-state index contributed by atoms with van der Waals surface area (Å²) in [7, 11) is 3.61. The molecule has 0 saturated heterocycles. The van der Waals surface area contributed by atoms with Gasteiger partial charge in [-0.25, -0.2) is 0 Å². The Morgan fingerprint density at radius 2 is 2.19 bits per heavy atom. The van der Waals surface area contributed by atoms with Crippen LogP contribution in [-0.2, 0) is 0 Å².